The highest BCUT2D eigenvalue weighted by Crippen LogP contribution is 2.30. The van der Waals surface area contributed by atoms with E-state index in [1.54, 1.807) is 14.2 Å². The van der Waals surface area contributed by atoms with Crippen LogP contribution in [0.5, 0.6) is 11.5 Å². The normalized spacial score (nSPS) is 9.80. The minimum Gasteiger partial charge on any atom is -0.493 e. The molecule has 0 aromatic heterocycles. The Morgan fingerprint density at radius 1 is 0.500 bits per heavy atom. The Labute approximate surface area is 177 Å². The number of ether oxygens (including phenoxy) is 2. The number of methoxy groups -OCH3 is 2. The van der Waals surface area contributed by atoms with Gasteiger partial charge in [0.05, 0.1) is 14.2 Å². The lowest BCUT2D eigenvalue weighted by Gasteiger charge is -2.09. The molecule has 4 rings (SSSR count). The SMILES string of the molecule is COc1cc(C#Cc2ccccc2)c(C#Cc2ccc3ccccc3c2)cc1OC. The Morgan fingerprint density at radius 3 is 1.70 bits per heavy atom. The van der Waals surface area contributed by atoms with Gasteiger partial charge in [-0.25, -0.2) is 0 Å². The van der Waals surface area contributed by atoms with Crippen molar-refractivity contribution >= 4 is 10.8 Å². The maximum atomic E-state index is 5.46. The van der Waals surface area contributed by atoms with Crippen molar-refractivity contribution in [2.45, 2.75) is 0 Å². The Bertz CT molecular complexity index is 1310. The Balaban J connectivity index is 1.78. The minimum atomic E-state index is 0.630. The van der Waals surface area contributed by atoms with Crippen molar-refractivity contribution in [1.29, 1.82) is 0 Å². The highest BCUT2D eigenvalue weighted by atomic mass is 16.5. The van der Waals surface area contributed by atoms with Gasteiger partial charge in [-0.3, -0.25) is 0 Å². The first-order valence-corrected chi connectivity index (χ1v) is 9.61. The van der Waals surface area contributed by atoms with Gasteiger partial charge in [-0.15, -0.1) is 0 Å². The van der Waals surface area contributed by atoms with Crippen LogP contribution in [-0.2, 0) is 0 Å². The highest BCUT2D eigenvalue weighted by Gasteiger charge is 2.09. The van der Waals surface area contributed by atoms with E-state index in [-0.39, 0.29) is 0 Å². The average Bonchev–Trinajstić information content (AvgIpc) is 2.81. The maximum Gasteiger partial charge on any atom is 0.162 e. The zero-order valence-electron chi connectivity index (χ0n) is 16.9. The lowest BCUT2D eigenvalue weighted by molar-refractivity contribution is 0.355. The van der Waals surface area contributed by atoms with Gasteiger partial charge < -0.3 is 9.47 Å². The third-order valence-electron chi connectivity index (χ3n) is 4.73. The first-order valence-electron chi connectivity index (χ1n) is 9.61. The molecule has 0 aliphatic heterocycles. The Morgan fingerprint density at radius 2 is 1.07 bits per heavy atom. The molecule has 2 heteroatoms. The van der Waals surface area contributed by atoms with Crippen LogP contribution >= 0.6 is 0 Å². The Hall–Kier alpha value is -4.14. The zero-order valence-corrected chi connectivity index (χ0v) is 16.9. The van der Waals surface area contributed by atoms with Crippen molar-refractivity contribution in [2.75, 3.05) is 14.2 Å². The van der Waals surface area contributed by atoms with E-state index in [1.807, 2.05) is 60.7 Å². The predicted octanol–water partition coefficient (Wildman–Crippen LogP) is 5.66. The fraction of sp³-hybridized carbons (Fsp3) is 0.0714. The van der Waals surface area contributed by atoms with Gasteiger partial charge in [0.1, 0.15) is 0 Å². The van der Waals surface area contributed by atoms with Crippen LogP contribution in [0.3, 0.4) is 0 Å². The second kappa shape index (κ2) is 8.91. The van der Waals surface area contributed by atoms with E-state index in [1.165, 1.54) is 10.8 Å². The summed E-state index contributed by atoms with van der Waals surface area (Å²) in [7, 11) is 3.24. The molecule has 0 saturated carbocycles. The van der Waals surface area contributed by atoms with Crippen LogP contribution in [0.1, 0.15) is 22.3 Å². The third kappa shape index (κ3) is 4.30. The first kappa shape index (κ1) is 19.2. The number of benzene rings is 4. The van der Waals surface area contributed by atoms with Gasteiger partial charge in [0.2, 0.25) is 0 Å². The molecule has 0 spiro atoms. The fourth-order valence-electron chi connectivity index (χ4n) is 3.15. The standard InChI is InChI=1S/C28H20O2/c1-29-27-19-25(16-12-21-8-4-3-5-9-21)26(20-28(27)30-2)17-14-22-13-15-23-10-6-7-11-24(23)18-22/h3-11,13,15,18-20H,1-2H3. The van der Waals surface area contributed by atoms with Gasteiger partial charge in [0, 0.05) is 34.4 Å². The van der Waals surface area contributed by atoms with Crippen LogP contribution in [0.2, 0.25) is 0 Å². The van der Waals surface area contributed by atoms with Crippen molar-refractivity contribution in [2.24, 2.45) is 0 Å². The maximum absolute atomic E-state index is 5.46. The molecule has 4 aromatic rings. The van der Waals surface area contributed by atoms with Crippen molar-refractivity contribution in [3.05, 3.63) is 107 Å². The summed E-state index contributed by atoms with van der Waals surface area (Å²) < 4.78 is 10.9. The van der Waals surface area contributed by atoms with Gasteiger partial charge in [-0.05, 0) is 35.0 Å². The van der Waals surface area contributed by atoms with Gasteiger partial charge in [0.25, 0.3) is 0 Å². The molecule has 0 aliphatic rings. The molecule has 0 aliphatic carbocycles. The second-order valence-electron chi connectivity index (χ2n) is 6.68. The number of fused-ring (bicyclic) bond motifs is 1. The Kier molecular flexibility index (Phi) is 5.70. The van der Waals surface area contributed by atoms with Crippen LogP contribution in [0, 0.1) is 23.7 Å². The van der Waals surface area contributed by atoms with E-state index >= 15 is 0 Å². The number of hydrogen-bond donors (Lipinski definition) is 0. The second-order valence-corrected chi connectivity index (χ2v) is 6.68. The first-order chi connectivity index (χ1) is 14.8. The molecule has 0 bridgehead atoms. The van der Waals surface area contributed by atoms with E-state index in [4.69, 9.17) is 9.47 Å². The van der Waals surface area contributed by atoms with Crippen LogP contribution in [-0.4, -0.2) is 14.2 Å². The minimum absolute atomic E-state index is 0.630. The van der Waals surface area contributed by atoms with E-state index in [0.29, 0.717) is 11.5 Å². The van der Waals surface area contributed by atoms with Gasteiger partial charge in [0.15, 0.2) is 11.5 Å². The lowest BCUT2D eigenvalue weighted by atomic mass is 10.0. The molecule has 2 nitrogen and oxygen atoms in total. The fourth-order valence-corrected chi connectivity index (χ4v) is 3.15. The van der Waals surface area contributed by atoms with E-state index in [2.05, 4.69) is 47.9 Å². The molecule has 0 fully saturated rings. The van der Waals surface area contributed by atoms with Crippen molar-refractivity contribution in [1.82, 2.24) is 0 Å². The van der Waals surface area contributed by atoms with Crippen LogP contribution in [0.4, 0.5) is 0 Å². The van der Waals surface area contributed by atoms with Crippen LogP contribution in [0.25, 0.3) is 10.8 Å². The quantitative estimate of drug-likeness (QED) is 0.413. The number of rotatable bonds is 2. The molecule has 0 atom stereocenters. The molecule has 0 N–H and O–H groups in total. The summed E-state index contributed by atoms with van der Waals surface area (Å²) in [5, 5.41) is 2.37. The van der Waals surface area contributed by atoms with Crippen molar-refractivity contribution < 1.29 is 9.47 Å². The van der Waals surface area contributed by atoms with E-state index in [9.17, 15) is 0 Å². The average molecular weight is 388 g/mol. The largest absolute Gasteiger partial charge is 0.493 e. The van der Waals surface area contributed by atoms with Gasteiger partial charge in [-0.1, -0.05) is 72.2 Å². The molecule has 0 saturated heterocycles. The summed E-state index contributed by atoms with van der Waals surface area (Å²) in [6.07, 6.45) is 0. The third-order valence-corrected chi connectivity index (χ3v) is 4.73. The van der Waals surface area contributed by atoms with Gasteiger partial charge >= 0.3 is 0 Å². The summed E-state index contributed by atoms with van der Waals surface area (Å²) >= 11 is 0. The topological polar surface area (TPSA) is 18.5 Å². The predicted molar refractivity (Wildman–Crippen MR) is 122 cm³/mol. The molecular formula is C28H20O2. The summed E-state index contributed by atoms with van der Waals surface area (Å²) in [5.74, 6) is 14.2. The van der Waals surface area contributed by atoms with Crippen LogP contribution < -0.4 is 9.47 Å². The molecule has 0 heterocycles. The molecule has 0 unspecified atom stereocenters. The zero-order chi connectivity index (χ0) is 20.8. The summed E-state index contributed by atoms with van der Waals surface area (Å²) in [5.41, 5.74) is 3.49. The molecule has 0 amide bonds. The smallest absolute Gasteiger partial charge is 0.162 e. The number of hydrogen-bond acceptors (Lipinski definition) is 2. The van der Waals surface area contributed by atoms with Crippen LogP contribution in [0.15, 0.2) is 84.9 Å². The van der Waals surface area contributed by atoms with Crippen molar-refractivity contribution in [3.8, 4) is 35.2 Å². The molecular weight excluding hydrogens is 368 g/mol. The molecule has 4 aromatic carbocycles. The van der Waals surface area contributed by atoms with Crippen molar-refractivity contribution in [3.63, 3.8) is 0 Å². The highest BCUT2D eigenvalue weighted by molar-refractivity contribution is 5.83. The summed E-state index contributed by atoms with van der Waals surface area (Å²) in [6.45, 7) is 0. The molecule has 144 valence electrons. The monoisotopic (exact) mass is 388 g/mol. The summed E-state index contributed by atoms with van der Waals surface area (Å²) in [6, 6.07) is 28.1. The van der Waals surface area contributed by atoms with E-state index in [0.717, 1.165) is 22.3 Å². The summed E-state index contributed by atoms with van der Waals surface area (Å²) in [4.78, 5) is 0. The van der Waals surface area contributed by atoms with E-state index < -0.39 is 0 Å². The lowest BCUT2D eigenvalue weighted by Crippen LogP contribution is -1.94. The van der Waals surface area contributed by atoms with Gasteiger partial charge in [-0.2, -0.15) is 0 Å². The molecule has 0 radical (unpaired) electrons. The molecule has 30 heavy (non-hydrogen) atoms.